The zero-order valence-electron chi connectivity index (χ0n) is 55.0. The molecule has 0 saturated carbocycles. The molecule has 0 unspecified atom stereocenters. The van der Waals surface area contributed by atoms with Gasteiger partial charge in [0.1, 0.15) is 46.4 Å². The number of amides is 4. The molecule has 0 aliphatic heterocycles. The van der Waals surface area contributed by atoms with Crippen LogP contribution in [0.2, 0.25) is 0 Å². The Bertz CT molecular complexity index is 3560. The summed E-state index contributed by atoms with van der Waals surface area (Å²) in [4.78, 5) is 133. The number of rotatable bonds is 31. The first kappa shape index (κ1) is 74.8. The molecule has 0 saturated heterocycles. The summed E-state index contributed by atoms with van der Waals surface area (Å²) < 4.78 is 30.8. The SMILES string of the molecule is CC(=O)OCNC(=O)[C@H](C)CC(=O)[C@H](C)NC(=O)[C@H](C)CC(=O)OCC1c2ccccc2-c2ccccc21.C[C@H](CC(=O)[C@H](C)NC(=O)[C@H](C)CC(=O)OCC1c2ccccc2-c2ccccc21)C(=O)NCOCC(=O)OCc1ccccc1.O=C(CO)OCc1ccccc1. The number of aliphatic hydroxyl groups excluding tert-OH is 1. The fourth-order valence-electron chi connectivity index (χ4n) is 10.4. The van der Waals surface area contributed by atoms with Crippen molar-refractivity contribution in [2.45, 2.75) is 111 Å². The number of aliphatic hydroxyl groups is 1. The zero-order valence-corrected chi connectivity index (χ0v) is 55.0. The van der Waals surface area contributed by atoms with Gasteiger partial charge in [-0.1, -0.05) is 185 Å². The molecular weight excluding hydrogens is 1230 g/mol. The van der Waals surface area contributed by atoms with Crippen LogP contribution in [0.4, 0.5) is 0 Å². The number of fused-ring (bicyclic) bond motifs is 6. The first-order chi connectivity index (χ1) is 46.0. The van der Waals surface area contributed by atoms with Crippen molar-refractivity contribution in [2.24, 2.45) is 23.7 Å². The van der Waals surface area contributed by atoms with E-state index in [9.17, 15) is 52.7 Å². The number of Topliss-reactive ketones (excluding diaryl/α,β-unsaturated/α-hetero) is 2. The molecule has 4 amide bonds. The number of ether oxygens (including phenoxy) is 6. The fraction of sp³-hybridized carbons (Fsp3) is 0.365. The summed E-state index contributed by atoms with van der Waals surface area (Å²) in [7, 11) is 0. The summed E-state index contributed by atoms with van der Waals surface area (Å²) in [5, 5.41) is 18.5. The third-order valence-electron chi connectivity index (χ3n) is 15.9. The zero-order chi connectivity index (χ0) is 69.7. The van der Waals surface area contributed by atoms with Crippen LogP contribution in [-0.2, 0) is 94.4 Å². The molecule has 0 spiro atoms. The molecule has 8 rings (SSSR count). The molecule has 5 N–H and O–H groups in total. The van der Waals surface area contributed by atoms with Crippen molar-refractivity contribution in [3.8, 4) is 22.3 Å². The summed E-state index contributed by atoms with van der Waals surface area (Å²) in [6.07, 6.45) is -0.486. The lowest BCUT2D eigenvalue weighted by molar-refractivity contribution is -0.151. The Kier molecular flexibility index (Phi) is 29.8. The number of benzene rings is 6. The van der Waals surface area contributed by atoms with E-state index < -0.39 is 95.8 Å². The molecule has 6 atom stereocenters. The molecule has 6 aromatic carbocycles. The van der Waals surface area contributed by atoms with E-state index in [2.05, 4.69) is 55.0 Å². The van der Waals surface area contributed by atoms with Gasteiger partial charge in [0.2, 0.25) is 23.6 Å². The first-order valence-electron chi connectivity index (χ1n) is 31.6. The second kappa shape index (κ2) is 38.2. The van der Waals surface area contributed by atoms with Gasteiger partial charge in [0.05, 0.1) is 24.9 Å². The maximum absolute atomic E-state index is 12.8. The third kappa shape index (κ3) is 23.4. The Labute approximate surface area is 558 Å². The summed E-state index contributed by atoms with van der Waals surface area (Å²) in [5.74, 6) is -8.09. The van der Waals surface area contributed by atoms with Gasteiger partial charge in [-0.3, -0.25) is 43.2 Å². The summed E-state index contributed by atoms with van der Waals surface area (Å²) >= 11 is 0. The fourth-order valence-corrected chi connectivity index (χ4v) is 10.4. The maximum atomic E-state index is 12.8. The van der Waals surface area contributed by atoms with Gasteiger partial charge in [-0.15, -0.1) is 0 Å². The van der Waals surface area contributed by atoms with Gasteiger partial charge < -0.3 is 54.8 Å². The Morgan fingerprint density at radius 3 is 1.08 bits per heavy atom. The largest absolute Gasteiger partial charge is 0.465 e. The molecule has 0 bridgehead atoms. The average Bonchev–Trinajstić information content (AvgIpc) is 1.63. The van der Waals surface area contributed by atoms with E-state index >= 15 is 0 Å². The van der Waals surface area contributed by atoms with E-state index in [0.717, 1.165) is 55.6 Å². The van der Waals surface area contributed by atoms with Crippen LogP contribution in [0.5, 0.6) is 0 Å². The highest BCUT2D eigenvalue weighted by Gasteiger charge is 2.33. The molecule has 2 aliphatic carbocycles. The predicted octanol–water partition coefficient (Wildman–Crippen LogP) is 8.13. The van der Waals surface area contributed by atoms with Crippen LogP contribution in [-0.4, -0.2) is 122 Å². The van der Waals surface area contributed by atoms with Gasteiger partial charge in [0, 0.05) is 55.3 Å². The van der Waals surface area contributed by atoms with Crippen molar-refractivity contribution in [2.75, 3.05) is 39.9 Å². The molecule has 508 valence electrons. The Morgan fingerprint density at radius 1 is 0.385 bits per heavy atom. The highest BCUT2D eigenvalue weighted by Crippen LogP contribution is 2.46. The monoisotopic (exact) mass is 1320 g/mol. The number of nitrogens with one attached hydrogen (secondary N) is 4. The van der Waals surface area contributed by atoms with Crippen molar-refractivity contribution < 1.29 is 86.3 Å². The average molecular weight is 1320 g/mol. The molecule has 0 heterocycles. The third-order valence-corrected chi connectivity index (χ3v) is 15.9. The molecule has 0 aromatic heterocycles. The van der Waals surface area contributed by atoms with E-state index in [1.165, 1.54) is 20.8 Å². The van der Waals surface area contributed by atoms with Crippen molar-refractivity contribution >= 4 is 65.0 Å². The molecule has 22 heteroatoms. The van der Waals surface area contributed by atoms with Crippen molar-refractivity contribution in [3.63, 3.8) is 0 Å². The first-order valence-corrected chi connectivity index (χ1v) is 31.6. The van der Waals surface area contributed by atoms with Crippen LogP contribution in [0.1, 0.15) is 119 Å². The standard InChI is InChI=1S/C36H40N2O8.C29H34N2O7.C9H10O3/c1-23(35(42)37-22-44-21-34(41)45-19-26-11-5-4-6-12-26)17-32(39)25(3)38-36(43)24(2)18-33(40)46-20-31-29-15-9-7-13-27(29)28-14-8-10-16-30(28)31;1-17(28(35)30-16-38-20(4)32)13-26(33)19(3)31-29(36)18(2)14-27(34)37-15-25-23-11-7-5-9-21(23)22-10-6-8-12-24(22)25;10-6-9(11)12-7-8-4-2-1-3-5-8/h4-16,23-25,31H,17-22H2,1-3H3,(H,37,42)(H,38,43);5-12,17-19,25H,13-16H2,1-4H3,(H,30,35)(H,31,36);1-5,10H,6-7H2/t23-,24-,25+;17-,18-,19+;/m11./s1. The van der Waals surface area contributed by atoms with Crippen molar-refractivity contribution in [1.29, 1.82) is 0 Å². The van der Waals surface area contributed by atoms with Gasteiger partial charge >= 0.3 is 29.8 Å². The minimum atomic E-state index is -0.858. The normalized spacial score (nSPS) is 13.5. The number of carbonyl (C=O) groups excluding carboxylic acids is 11. The van der Waals surface area contributed by atoms with Gasteiger partial charge in [0.15, 0.2) is 18.3 Å². The van der Waals surface area contributed by atoms with E-state index in [-0.39, 0.29) is 95.6 Å². The quantitative estimate of drug-likeness (QED) is 0.0119. The van der Waals surface area contributed by atoms with Crippen molar-refractivity contribution in [3.05, 3.63) is 191 Å². The topological polar surface area (TPSA) is 312 Å². The second-order valence-corrected chi connectivity index (χ2v) is 23.4. The van der Waals surface area contributed by atoms with Gasteiger partial charge in [-0.2, -0.15) is 0 Å². The molecular formula is C74H84N4O18. The lowest BCUT2D eigenvalue weighted by atomic mass is 9.98. The second-order valence-electron chi connectivity index (χ2n) is 23.4. The van der Waals surface area contributed by atoms with Crippen molar-refractivity contribution in [1.82, 2.24) is 21.3 Å². The molecule has 0 fully saturated rings. The minimum absolute atomic E-state index is 0.0682. The van der Waals surface area contributed by atoms with E-state index in [1.54, 1.807) is 27.7 Å². The van der Waals surface area contributed by atoms with Gasteiger partial charge in [-0.05, 0) is 69.5 Å². The van der Waals surface area contributed by atoms with E-state index in [4.69, 9.17) is 24.1 Å². The maximum Gasteiger partial charge on any atom is 0.332 e. The van der Waals surface area contributed by atoms with Crippen LogP contribution in [0.25, 0.3) is 22.3 Å². The van der Waals surface area contributed by atoms with Crippen LogP contribution >= 0.6 is 0 Å². The number of hydrogen-bond acceptors (Lipinski definition) is 18. The number of ketones is 2. The van der Waals surface area contributed by atoms with Gasteiger partial charge in [0.25, 0.3) is 0 Å². The Morgan fingerprint density at radius 2 is 0.719 bits per heavy atom. The number of hydrogen-bond donors (Lipinski definition) is 5. The van der Waals surface area contributed by atoms with E-state index in [1.807, 2.05) is 133 Å². The van der Waals surface area contributed by atoms with Crippen LogP contribution in [0.15, 0.2) is 158 Å². The van der Waals surface area contributed by atoms with E-state index in [0.29, 0.717) is 0 Å². The molecule has 22 nitrogen and oxygen atoms in total. The smallest absolute Gasteiger partial charge is 0.332 e. The highest BCUT2D eigenvalue weighted by molar-refractivity contribution is 5.94. The number of carbonyl (C=O) groups is 11. The summed E-state index contributed by atoms with van der Waals surface area (Å²) in [6, 6.07) is 49.0. The van der Waals surface area contributed by atoms with Crippen LogP contribution in [0, 0.1) is 23.7 Å². The van der Waals surface area contributed by atoms with Crippen LogP contribution in [0.3, 0.4) is 0 Å². The number of esters is 5. The lowest BCUT2D eigenvalue weighted by Gasteiger charge is -2.19. The predicted molar refractivity (Wildman–Crippen MR) is 353 cm³/mol. The molecule has 6 aromatic rings. The Balaban J connectivity index is 0.000000262. The molecule has 96 heavy (non-hydrogen) atoms. The minimum Gasteiger partial charge on any atom is -0.465 e. The van der Waals surface area contributed by atoms with Crippen LogP contribution < -0.4 is 21.3 Å². The van der Waals surface area contributed by atoms with Gasteiger partial charge in [-0.25, -0.2) is 9.59 Å². The Hall–Kier alpha value is -10.2. The molecule has 0 radical (unpaired) electrons. The summed E-state index contributed by atoms with van der Waals surface area (Å²) in [6.45, 7) is 9.92. The highest BCUT2D eigenvalue weighted by atomic mass is 16.6. The molecule has 2 aliphatic rings. The lowest BCUT2D eigenvalue weighted by Crippen LogP contribution is -2.43. The summed E-state index contributed by atoms with van der Waals surface area (Å²) in [5.41, 5.74) is 10.7.